The van der Waals surface area contributed by atoms with Crippen LogP contribution in [0, 0.1) is 0 Å². The number of Topliss-reactive ketones (excluding diaryl/α,β-unsaturated/α-hetero) is 1. The van der Waals surface area contributed by atoms with Crippen LogP contribution in [0.4, 0.5) is 0 Å². The molecule has 102 valence electrons. The van der Waals surface area contributed by atoms with Gasteiger partial charge >= 0.3 is 5.97 Å². The molecule has 1 spiro atoms. The molecule has 0 aromatic rings. The zero-order valence-electron chi connectivity index (χ0n) is 10.4. The fraction of sp³-hybridized carbons (Fsp3) is 0.833. The molecule has 0 amide bonds. The van der Waals surface area contributed by atoms with Crippen molar-refractivity contribution >= 4 is 23.4 Å². The molecule has 0 aromatic carbocycles. The molecule has 18 heavy (non-hydrogen) atoms. The number of ether oxygens (including phenoxy) is 3. The van der Waals surface area contributed by atoms with Crippen molar-refractivity contribution in [3.05, 3.63) is 0 Å². The minimum atomic E-state index is -1.09. The third-order valence-electron chi connectivity index (χ3n) is 3.60. The summed E-state index contributed by atoms with van der Waals surface area (Å²) in [6.07, 6.45) is 1.89. The second kappa shape index (κ2) is 5.15. The summed E-state index contributed by atoms with van der Waals surface area (Å²) in [6, 6.07) is 0. The first-order valence-corrected chi connectivity index (χ1v) is 6.62. The highest BCUT2D eigenvalue weighted by atomic mass is 35.5. The maximum absolute atomic E-state index is 11.9. The van der Waals surface area contributed by atoms with Crippen LogP contribution in [0.25, 0.3) is 0 Å². The van der Waals surface area contributed by atoms with Gasteiger partial charge in [0.05, 0.1) is 19.1 Å². The zero-order chi connectivity index (χ0) is 13.2. The summed E-state index contributed by atoms with van der Waals surface area (Å²) < 4.78 is 16.4. The smallest absolute Gasteiger partial charge is 0.303 e. The summed E-state index contributed by atoms with van der Waals surface area (Å²) >= 11 is 5.61. The van der Waals surface area contributed by atoms with E-state index in [1.807, 2.05) is 0 Å². The fourth-order valence-corrected chi connectivity index (χ4v) is 2.90. The Balaban J connectivity index is 2.09. The van der Waals surface area contributed by atoms with E-state index in [1.54, 1.807) is 0 Å². The van der Waals surface area contributed by atoms with Gasteiger partial charge < -0.3 is 14.2 Å². The Kier molecular flexibility index (Phi) is 3.94. The van der Waals surface area contributed by atoms with E-state index in [4.69, 9.17) is 25.8 Å². The number of carbonyl (C=O) groups is 2. The van der Waals surface area contributed by atoms with Crippen LogP contribution in [0.5, 0.6) is 0 Å². The fourth-order valence-electron chi connectivity index (χ4n) is 2.66. The predicted octanol–water partition coefficient (Wildman–Crippen LogP) is 1.41. The maximum Gasteiger partial charge on any atom is 0.303 e. The molecule has 1 saturated heterocycles. The van der Waals surface area contributed by atoms with Gasteiger partial charge in [-0.1, -0.05) is 0 Å². The van der Waals surface area contributed by atoms with Gasteiger partial charge in [-0.25, -0.2) is 0 Å². The average Bonchev–Trinajstić information content (AvgIpc) is 2.80. The van der Waals surface area contributed by atoms with Crippen LogP contribution in [-0.4, -0.2) is 42.2 Å². The number of rotatable bonds is 3. The summed E-state index contributed by atoms with van der Waals surface area (Å²) in [4.78, 5) is 23.1. The highest BCUT2D eigenvalue weighted by molar-refractivity contribution is 6.29. The van der Waals surface area contributed by atoms with Crippen molar-refractivity contribution in [3.63, 3.8) is 0 Å². The van der Waals surface area contributed by atoms with Crippen LogP contribution in [0.1, 0.15) is 32.6 Å². The molecule has 1 saturated carbocycles. The molecule has 0 N–H and O–H groups in total. The number of carbonyl (C=O) groups excluding carboxylic acids is 2. The molecule has 0 aromatic heterocycles. The number of hydrogen-bond acceptors (Lipinski definition) is 5. The highest BCUT2D eigenvalue weighted by Gasteiger charge is 2.51. The van der Waals surface area contributed by atoms with Crippen molar-refractivity contribution in [1.82, 2.24) is 0 Å². The number of alkyl halides is 1. The van der Waals surface area contributed by atoms with Crippen molar-refractivity contribution in [2.75, 3.05) is 19.1 Å². The predicted molar refractivity (Wildman–Crippen MR) is 63.3 cm³/mol. The quantitative estimate of drug-likeness (QED) is 0.576. The average molecular weight is 277 g/mol. The molecule has 1 heterocycles. The van der Waals surface area contributed by atoms with Gasteiger partial charge in [-0.05, 0) is 12.8 Å². The van der Waals surface area contributed by atoms with Crippen molar-refractivity contribution in [3.8, 4) is 0 Å². The van der Waals surface area contributed by atoms with E-state index in [0.717, 1.165) is 0 Å². The van der Waals surface area contributed by atoms with Crippen molar-refractivity contribution < 1.29 is 23.8 Å². The van der Waals surface area contributed by atoms with Gasteiger partial charge in [0.25, 0.3) is 0 Å². The number of ketones is 1. The summed E-state index contributed by atoms with van der Waals surface area (Å²) in [6.45, 7) is 2.45. The summed E-state index contributed by atoms with van der Waals surface area (Å²) in [5, 5.41) is 0. The Hall–Kier alpha value is -0.650. The molecule has 2 fully saturated rings. The Morgan fingerprint density at radius 2 is 1.72 bits per heavy atom. The molecule has 0 bridgehead atoms. The summed E-state index contributed by atoms with van der Waals surface area (Å²) in [7, 11) is 0. The third kappa shape index (κ3) is 2.53. The zero-order valence-corrected chi connectivity index (χ0v) is 11.1. The topological polar surface area (TPSA) is 61.8 Å². The number of hydrogen-bond donors (Lipinski definition) is 0. The van der Waals surface area contributed by atoms with Crippen LogP contribution in [0.3, 0.4) is 0 Å². The van der Waals surface area contributed by atoms with E-state index in [-0.39, 0.29) is 11.7 Å². The van der Waals surface area contributed by atoms with E-state index in [2.05, 4.69) is 0 Å². The molecular weight excluding hydrogens is 260 g/mol. The van der Waals surface area contributed by atoms with E-state index < -0.39 is 17.4 Å². The highest BCUT2D eigenvalue weighted by Crippen LogP contribution is 2.42. The Morgan fingerprint density at radius 1 is 1.17 bits per heavy atom. The molecule has 5 nitrogen and oxygen atoms in total. The van der Waals surface area contributed by atoms with Gasteiger partial charge in [-0.3, -0.25) is 9.59 Å². The van der Waals surface area contributed by atoms with Crippen LogP contribution >= 0.6 is 11.6 Å². The van der Waals surface area contributed by atoms with E-state index in [0.29, 0.717) is 38.9 Å². The van der Waals surface area contributed by atoms with Crippen molar-refractivity contribution in [2.24, 2.45) is 0 Å². The summed E-state index contributed by atoms with van der Waals surface area (Å²) in [5.41, 5.74) is -1.09. The number of esters is 1. The van der Waals surface area contributed by atoms with Crippen molar-refractivity contribution in [1.29, 1.82) is 0 Å². The second-order valence-corrected chi connectivity index (χ2v) is 5.02. The molecular formula is C12H17ClO5. The Bertz CT molecular complexity index is 338. The largest absolute Gasteiger partial charge is 0.451 e. The van der Waals surface area contributed by atoms with E-state index >= 15 is 0 Å². The first kappa shape index (κ1) is 13.8. The van der Waals surface area contributed by atoms with E-state index in [9.17, 15) is 9.59 Å². The Morgan fingerprint density at radius 3 is 2.17 bits per heavy atom. The molecule has 1 aliphatic carbocycles. The third-order valence-corrected chi connectivity index (χ3v) is 3.84. The van der Waals surface area contributed by atoms with Gasteiger partial charge in [0.2, 0.25) is 0 Å². The lowest BCUT2D eigenvalue weighted by Crippen LogP contribution is -2.51. The van der Waals surface area contributed by atoms with Crippen LogP contribution in [0.15, 0.2) is 0 Å². The van der Waals surface area contributed by atoms with Gasteiger partial charge in [0.1, 0.15) is 0 Å². The second-order valence-electron chi connectivity index (χ2n) is 4.75. The molecule has 6 heteroatoms. The minimum absolute atomic E-state index is 0.151. The van der Waals surface area contributed by atoms with Gasteiger partial charge in [-0.15, -0.1) is 11.6 Å². The number of halogens is 1. The molecule has 2 aliphatic rings. The van der Waals surface area contributed by atoms with Gasteiger partial charge in [0.15, 0.2) is 17.2 Å². The lowest BCUT2D eigenvalue weighted by molar-refractivity contribution is -0.210. The minimum Gasteiger partial charge on any atom is -0.451 e. The molecule has 0 unspecified atom stereocenters. The van der Waals surface area contributed by atoms with Crippen LogP contribution in [-0.2, 0) is 23.8 Å². The molecule has 0 radical (unpaired) electrons. The lowest BCUT2D eigenvalue weighted by Gasteiger charge is -2.41. The monoisotopic (exact) mass is 276 g/mol. The maximum atomic E-state index is 11.9. The van der Waals surface area contributed by atoms with Crippen LogP contribution < -0.4 is 0 Å². The standard InChI is InChI=1S/C12H17ClO5/c1-9(14)18-11(10(15)8-13)2-4-12(5-3-11)16-6-7-17-12/h2-8H2,1H3. The lowest BCUT2D eigenvalue weighted by atomic mass is 9.78. The first-order valence-electron chi connectivity index (χ1n) is 6.09. The molecule has 1 aliphatic heterocycles. The SMILES string of the molecule is CC(=O)OC1(C(=O)CCl)CCC2(CC1)OCCO2. The van der Waals surface area contributed by atoms with Gasteiger partial charge in [0, 0.05) is 19.8 Å². The molecule has 0 atom stereocenters. The molecule has 2 rings (SSSR count). The van der Waals surface area contributed by atoms with Gasteiger partial charge in [-0.2, -0.15) is 0 Å². The van der Waals surface area contributed by atoms with Crippen LogP contribution in [0.2, 0.25) is 0 Å². The first-order chi connectivity index (χ1) is 8.52. The summed E-state index contributed by atoms with van der Waals surface area (Å²) in [5.74, 6) is -1.44. The Labute approximate surface area is 111 Å². The normalized spacial score (nSPS) is 25.0. The van der Waals surface area contributed by atoms with Crippen molar-refractivity contribution in [2.45, 2.75) is 44.0 Å². The van der Waals surface area contributed by atoms with E-state index in [1.165, 1.54) is 6.92 Å².